The second-order valence-electron chi connectivity index (χ2n) is 2.76. The molecule has 0 rings (SSSR count). The third kappa shape index (κ3) is 10.6. The van der Waals surface area contributed by atoms with E-state index in [0.717, 1.165) is 31.8 Å². The van der Waals surface area contributed by atoms with Crippen LogP contribution in [-0.4, -0.2) is 23.7 Å². The topological polar surface area (TPSA) is 66.7 Å². The first-order valence-electron chi connectivity index (χ1n) is 4.54. The SMILES string of the molecule is O=C=NCCCCC[CH]C=CC(=O)O. The van der Waals surface area contributed by atoms with Crippen molar-refractivity contribution >= 4 is 12.0 Å². The summed E-state index contributed by atoms with van der Waals surface area (Å²) >= 11 is 0. The molecule has 0 aliphatic rings. The van der Waals surface area contributed by atoms with E-state index in [9.17, 15) is 9.59 Å². The molecule has 0 aromatic rings. The Labute approximate surface area is 83.3 Å². The quantitative estimate of drug-likeness (QED) is 0.278. The number of isocyanates is 1. The van der Waals surface area contributed by atoms with Crippen LogP contribution in [0.25, 0.3) is 0 Å². The maximum atomic E-state index is 10.1. The van der Waals surface area contributed by atoms with Crippen LogP contribution in [0.5, 0.6) is 0 Å². The first kappa shape index (κ1) is 12.6. The smallest absolute Gasteiger partial charge is 0.327 e. The number of carbonyl (C=O) groups excluding carboxylic acids is 1. The molecular formula is C10H14NO3. The lowest BCUT2D eigenvalue weighted by Crippen LogP contribution is -1.86. The molecule has 0 aromatic heterocycles. The number of carboxylic acid groups (broad SMARTS) is 1. The number of aliphatic carboxylic acids is 1. The largest absolute Gasteiger partial charge is 0.478 e. The molecular weight excluding hydrogens is 182 g/mol. The highest BCUT2D eigenvalue weighted by Gasteiger charge is 1.89. The van der Waals surface area contributed by atoms with Crippen molar-refractivity contribution in [2.45, 2.75) is 25.7 Å². The van der Waals surface area contributed by atoms with Gasteiger partial charge in [0.1, 0.15) is 0 Å². The van der Waals surface area contributed by atoms with Gasteiger partial charge in [-0.3, -0.25) is 0 Å². The van der Waals surface area contributed by atoms with Gasteiger partial charge in [0.15, 0.2) is 0 Å². The number of hydrogen-bond acceptors (Lipinski definition) is 3. The van der Waals surface area contributed by atoms with Crippen LogP contribution in [0, 0.1) is 6.42 Å². The molecule has 4 nitrogen and oxygen atoms in total. The molecule has 0 amide bonds. The van der Waals surface area contributed by atoms with Gasteiger partial charge < -0.3 is 5.11 Å². The average molecular weight is 196 g/mol. The van der Waals surface area contributed by atoms with Crippen LogP contribution in [0.1, 0.15) is 25.7 Å². The Morgan fingerprint density at radius 2 is 2.14 bits per heavy atom. The number of rotatable bonds is 8. The summed E-state index contributed by atoms with van der Waals surface area (Å²) in [6.45, 7) is 0.536. The van der Waals surface area contributed by atoms with Crippen LogP contribution in [0.3, 0.4) is 0 Å². The van der Waals surface area contributed by atoms with Crippen molar-refractivity contribution < 1.29 is 14.7 Å². The molecule has 0 spiro atoms. The molecule has 1 radical (unpaired) electrons. The molecule has 4 heteroatoms. The van der Waals surface area contributed by atoms with Gasteiger partial charge in [-0.05, 0) is 19.3 Å². The zero-order chi connectivity index (χ0) is 10.6. The van der Waals surface area contributed by atoms with E-state index in [2.05, 4.69) is 4.99 Å². The van der Waals surface area contributed by atoms with Gasteiger partial charge in [0.25, 0.3) is 0 Å². The number of carbonyl (C=O) groups is 1. The van der Waals surface area contributed by atoms with E-state index in [0.29, 0.717) is 6.54 Å². The number of carboxylic acids is 1. The minimum atomic E-state index is -0.929. The first-order chi connectivity index (χ1) is 6.77. The highest BCUT2D eigenvalue weighted by molar-refractivity contribution is 5.79. The van der Waals surface area contributed by atoms with Crippen molar-refractivity contribution in [1.29, 1.82) is 0 Å². The van der Waals surface area contributed by atoms with Gasteiger partial charge in [0, 0.05) is 6.08 Å². The molecule has 0 atom stereocenters. The molecule has 77 valence electrons. The molecule has 0 aromatic carbocycles. The van der Waals surface area contributed by atoms with E-state index >= 15 is 0 Å². The lowest BCUT2D eigenvalue weighted by molar-refractivity contribution is -0.131. The van der Waals surface area contributed by atoms with E-state index in [1.54, 1.807) is 0 Å². The monoisotopic (exact) mass is 196 g/mol. The van der Waals surface area contributed by atoms with Gasteiger partial charge >= 0.3 is 5.97 Å². The van der Waals surface area contributed by atoms with Crippen molar-refractivity contribution in [3.8, 4) is 0 Å². The Morgan fingerprint density at radius 1 is 1.36 bits per heavy atom. The summed E-state index contributed by atoms with van der Waals surface area (Å²) in [6, 6.07) is 0. The zero-order valence-corrected chi connectivity index (χ0v) is 7.98. The van der Waals surface area contributed by atoms with Gasteiger partial charge in [0.05, 0.1) is 6.54 Å². The summed E-state index contributed by atoms with van der Waals surface area (Å²) in [5.74, 6) is -0.929. The van der Waals surface area contributed by atoms with Crippen LogP contribution < -0.4 is 0 Å². The average Bonchev–Trinajstić information content (AvgIpc) is 2.15. The molecule has 0 saturated heterocycles. The Kier molecular flexibility index (Phi) is 8.70. The van der Waals surface area contributed by atoms with Crippen molar-refractivity contribution in [1.82, 2.24) is 0 Å². The van der Waals surface area contributed by atoms with Gasteiger partial charge in [-0.15, -0.1) is 0 Å². The summed E-state index contributed by atoms with van der Waals surface area (Å²) < 4.78 is 0. The van der Waals surface area contributed by atoms with Crippen LogP contribution in [0.2, 0.25) is 0 Å². The second kappa shape index (κ2) is 9.68. The third-order valence-corrected chi connectivity index (χ3v) is 1.58. The van der Waals surface area contributed by atoms with Gasteiger partial charge in [0.2, 0.25) is 6.08 Å². The van der Waals surface area contributed by atoms with E-state index < -0.39 is 5.97 Å². The predicted molar refractivity (Wildman–Crippen MR) is 52.5 cm³/mol. The van der Waals surface area contributed by atoms with Crippen LogP contribution >= 0.6 is 0 Å². The fourth-order valence-electron chi connectivity index (χ4n) is 0.922. The molecule has 0 aliphatic carbocycles. The number of aliphatic imine (C=N–C) groups is 1. The minimum absolute atomic E-state index is 0.536. The van der Waals surface area contributed by atoms with Crippen LogP contribution in [0.15, 0.2) is 17.1 Å². The highest BCUT2D eigenvalue weighted by Crippen LogP contribution is 2.02. The summed E-state index contributed by atoms with van der Waals surface area (Å²) in [7, 11) is 0. The predicted octanol–water partition coefficient (Wildman–Crippen LogP) is 1.73. The second-order valence-corrected chi connectivity index (χ2v) is 2.76. The zero-order valence-electron chi connectivity index (χ0n) is 7.98. The number of unbranched alkanes of at least 4 members (excludes halogenated alkanes) is 4. The number of allylic oxidation sites excluding steroid dienone is 1. The Hall–Kier alpha value is -1.41. The third-order valence-electron chi connectivity index (χ3n) is 1.58. The molecule has 0 fully saturated rings. The summed E-state index contributed by atoms with van der Waals surface area (Å²) in [5, 5.41) is 8.26. The molecule has 0 unspecified atom stereocenters. The molecule has 0 heterocycles. The minimum Gasteiger partial charge on any atom is -0.478 e. The Balaban J connectivity index is 3.13. The Bertz CT molecular complexity index is 230. The number of hydrogen-bond donors (Lipinski definition) is 1. The fraction of sp³-hybridized carbons (Fsp3) is 0.500. The molecule has 0 saturated carbocycles. The lowest BCUT2D eigenvalue weighted by Gasteiger charge is -1.94. The molecule has 1 N–H and O–H groups in total. The van der Waals surface area contributed by atoms with E-state index in [-0.39, 0.29) is 0 Å². The molecule has 0 bridgehead atoms. The van der Waals surface area contributed by atoms with Crippen molar-refractivity contribution in [3.05, 3.63) is 18.6 Å². The van der Waals surface area contributed by atoms with Gasteiger partial charge in [-0.1, -0.05) is 18.9 Å². The van der Waals surface area contributed by atoms with E-state index in [1.807, 2.05) is 6.42 Å². The number of nitrogens with zero attached hydrogens (tertiary/aromatic N) is 1. The highest BCUT2D eigenvalue weighted by atomic mass is 16.4. The van der Waals surface area contributed by atoms with Crippen molar-refractivity contribution in [2.75, 3.05) is 6.54 Å². The van der Waals surface area contributed by atoms with Crippen molar-refractivity contribution in [3.63, 3.8) is 0 Å². The van der Waals surface area contributed by atoms with E-state index in [4.69, 9.17) is 5.11 Å². The Morgan fingerprint density at radius 3 is 2.79 bits per heavy atom. The standard InChI is InChI=1S/C10H14NO3/c12-9-11-8-6-4-2-1-3-5-7-10(13)14/h3,5,7H,1-2,4,6,8H2,(H,13,14). The lowest BCUT2D eigenvalue weighted by atomic mass is 10.1. The summed E-state index contributed by atoms with van der Waals surface area (Å²) in [5.41, 5.74) is 0. The van der Waals surface area contributed by atoms with Crippen molar-refractivity contribution in [2.24, 2.45) is 4.99 Å². The summed E-state index contributed by atoms with van der Waals surface area (Å²) in [6.07, 6.45) is 9.65. The van der Waals surface area contributed by atoms with E-state index in [1.165, 1.54) is 12.2 Å². The molecule has 0 aliphatic heterocycles. The normalized spacial score (nSPS) is 10.0. The maximum Gasteiger partial charge on any atom is 0.327 e. The maximum absolute atomic E-state index is 10.1. The van der Waals surface area contributed by atoms with Gasteiger partial charge in [-0.2, -0.15) is 0 Å². The fourth-order valence-corrected chi connectivity index (χ4v) is 0.922. The van der Waals surface area contributed by atoms with Crippen LogP contribution in [-0.2, 0) is 9.59 Å². The summed E-state index contributed by atoms with van der Waals surface area (Å²) in [4.78, 5) is 23.2. The van der Waals surface area contributed by atoms with Gasteiger partial charge in [-0.25, -0.2) is 14.6 Å². The van der Waals surface area contributed by atoms with Crippen LogP contribution in [0.4, 0.5) is 0 Å². The first-order valence-corrected chi connectivity index (χ1v) is 4.54. The molecule has 14 heavy (non-hydrogen) atoms.